The van der Waals surface area contributed by atoms with Gasteiger partial charge in [0.25, 0.3) is 0 Å². The summed E-state index contributed by atoms with van der Waals surface area (Å²) in [5.74, 6) is -2.42. The van der Waals surface area contributed by atoms with E-state index < -0.39 is 29.4 Å². The molecule has 1 aliphatic rings. The van der Waals surface area contributed by atoms with Gasteiger partial charge in [-0.05, 0) is 6.42 Å². The first-order chi connectivity index (χ1) is 9.55. The van der Waals surface area contributed by atoms with Gasteiger partial charge in [0, 0.05) is 12.6 Å². The number of nitrogens with zero attached hydrogens (tertiary/aromatic N) is 3. The van der Waals surface area contributed by atoms with E-state index in [1.54, 1.807) is 0 Å². The monoisotopic (exact) mass is 278 g/mol. The molecule has 1 aromatic rings. The summed E-state index contributed by atoms with van der Waals surface area (Å²) >= 11 is 0. The molecule has 1 fully saturated rings. The number of carbonyl (C=O) groups excluding carboxylic acids is 2. The highest BCUT2D eigenvalue weighted by Crippen LogP contribution is 2.25. The van der Waals surface area contributed by atoms with Crippen LogP contribution in [0.2, 0.25) is 0 Å². The standard InChI is InChI=1S/C12H11FN4O3/c13-8-2-10(19)11(15-4-8)16-12(20)7-1-9(3-14)17(5-7)6-18/h2,4,6-7,9,19H,1,5H2,(H,15,16,20). The molecule has 104 valence electrons. The number of pyridine rings is 1. The van der Waals surface area contributed by atoms with Crippen LogP contribution in [0, 0.1) is 23.1 Å². The van der Waals surface area contributed by atoms with Crippen molar-refractivity contribution in [3.05, 3.63) is 18.1 Å². The fourth-order valence-corrected chi connectivity index (χ4v) is 2.04. The Balaban J connectivity index is 2.06. The van der Waals surface area contributed by atoms with Crippen LogP contribution in [0.3, 0.4) is 0 Å². The van der Waals surface area contributed by atoms with Gasteiger partial charge in [0.1, 0.15) is 11.9 Å². The fourth-order valence-electron chi connectivity index (χ4n) is 2.04. The predicted molar refractivity (Wildman–Crippen MR) is 64.8 cm³/mol. The maximum atomic E-state index is 12.8. The van der Waals surface area contributed by atoms with Crippen LogP contribution in [-0.4, -0.2) is 39.9 Å². The zero-order chi connectivity index (χ0) is 14.7. The normalized spacial score (nSPS) is 21.3. The molecule has 0 spiro atoms. The molecule has 0 saturated carbocycles. The lowest BCUT2D eigenvalue weighted by molar-refractivity contribution is -0.120. The van der Waals surface area contributed by atoms with Gasteiger partial charge in [-0.3, -0.25) is 9.59 Å². The highest BCUT2D eigenvalue weighted by molar-refractivity contribution is 5.93. The van der Waals surface area contributed by atoms with Crippen LogP contribution < -0.4 is 5.32 Å². The third kappa shape index (κ3) is 2.66. The quantitative estimate of drug-likeness (QED) is 0.770. The minimum absolute atomic E-state index is 0.121. The summed E-state index contributed by atoms with van der Waals surface area (Å²) in [6.07, 6.45) is 1.59. The molecular weight excluding hydrogens is 267 g/mol. The lowest BCUT2D eigenvalue weighted by Crippen LogP contribution is -2.28. The number of likely N-dealkylation sites (tertiary alicyclic amines) is 1. The molecule has 2 unspecified atom stereocenters. The molecule has 8 heteroatoms. The summed E-state index contributed by atoms with van der Waals surface area (Å²) in [5.41, 5.74) is 0. The van der Waals surface area contributed by atoms with Crippen LogP contribution in [0.5, 0.6) is 5.75 Å². The van der Waals surface area contributed by atoms with E-state index >= 15 is 0 Å². The molecule has 1 aliphatic heterocycles. The number of aromatic nitrogens is 1. The van der Waals surface area contributed by atoms with E-state index in [0.717, 1.165) is 12.3 Å². The van der Waals surface area contributed by atoms with Gasteiger partial charge in [0.2, 0.25) is 12.3 Å². The van der Waals surface area contributed by atoms with Crippen LogP contribution in [-0.2, 0) is 9.59 Å². The summed E-state index contributed by atoms with van der Waals surface area (Å²) in [6, 6.07) is 2.12. The lowest BCUT2D eigenvalue weighted by Gasteiger charge is -2.12. The molecule has 2 amide bonds. The molecule has 20 heavy (non-hydrogen) atoms. The van der Waals surface area contributed by atoms with Crippen molar-refractivity contribution >= 4 is 18.1 Å². The van der Waals surface area contributed by atoms with Crippen LogP contribution >= 0.6 is 0 Å². The van der Waals surface area contributed by atoms with E-state index in [-0.39, 0.29) is 18.8 Å². The Morgan fingerprint density at radius 3 is 3.00 bits per heavy atom. The molecule has 0 aromatic carbocycles. The van der Waals surface area contributed by atoms with E-state index in [9.17, 15) is 19.1 Å². The summed E-state index contributed by atoms with van der Waals surface area (Å²) in [6.45, 7) is 0.121. The molecule has 2 heterocycles. The Morgan fingerprint density at radius 1 is 1.70 bits per heavy atom. The summed E-state index contributed by atoms with van der Waals surface area (Å²) in [7, 11) is 0. The summed E-state index contributed by atoms with van der Waals surface area (Å²) < 4.78 is 12.8. The molecule has 1 aromatic heterocycles. The highest BCUT2D eigenvalue weighted by atomic mass is 19.1. The Hall–Kier alpha value is -2.69. The van der Waals surface area contributed by atoms with Crippen molar-refractivity contribution in [2.45, 2.75) is 12.5 Å². The van der Waals surface area contributed by atoms with Gasteiger partial charge < -0.3 is 15.3 Å². The summed E-state index contributed by atoms with van der Waals surface area (Å²) in [4.78, 5) is 27.5. The maximum Gasteiger partial charge on any atom is 0.230 e. The topological polar surface area (TPSA) is 106 Å². The largest absolute Gasteiger partial charge is 0.504 e. The third-order valence-electron chi connectivity index (χ3n) is 3.07. The number of carbonyl (C=O) groups is 2. The number of nitriles is 1. The molecule has 2 rings (SSSR count). The van der Waals surface area contributed by atoms with Crippen molar-refractivity contribution in [3.8, 4) is 11.8 Å². The Kier molecular flexibility index (Phi) is 3.79. The van der Waals surface area contributed by atoms with Crippen molar-refractivity contribution in [1.29, 1.82) is 5.26 Å². The third-order valence-corrected chi connectivity index (χ3v) is 3.07. The van der Waals surface area contributed by atoms with E-state index in [1.807, 2.05) is 6.07 Å². The van der Waals surface area contributed by atoms with Gasteiger partial charge in [-0.1, -0.05) is 0 Å². The second-order valence-corrected chi connectivity index (χ2v) is 4.39. The number of anilines is 1. The van der Waals surface area contributed by atoms with E-state index in [0.29, 0.717) is 6.41 Å². The van der Waals surface area contributed by atoms with Crippen LogP contribution in [0.4, 0.5) is 10.2 Å². The minimum atomic E-state index is -0.724. The molecule has 1 saturated heterocycles. The average molecular weight is 278 g/mol. The number of rotatable bonds is 3. The van der Waals surface area contributed by atoms with E-state index in [4.69, 9.17) is 5.26 Å². The first-order valence-electron chi connectivity index (χ1n) is 5.81. The molecule has 2 atom stereocenters. The molecule has 2 N–H and O–H groups in total. The molecule has 7 nitrogen and oxygen atoms in total. The number of aromatic hydroxyl groups is 1. The Labute approximate surface area is 113 Å². The zero-order valence-corrected chi connectivity index (χ0v) is 10.3. The van der Waals surface area contributed by atoms with E-state index in [2.05, 4.69) is 10.3 Å². The van der Waals surface area contributed by atoms with Crippen molar-refractivity contribution in [3.63, 3.8) is 0 Å². The molecule has 0 aliphatic carbocycles. The number of hydrogen-bond donors (Lipinski definition) is 2. The number of halogens is 1. The smallest absolute Gasteiger partial charge is 0.230 e. The van der Waals surface area contributed by atoms with Gasteiger partial charge in [-0.15, -0.1) is 0 Å². The fraction of sp³-hybridized carbons (Fsp3) is 0.333. The summed E-state index contributed by atoms with van der Waals surface area (Å²) in [5, 5.41) is 20.6. The maximum absolute atomic E-state index is 12.8. The molecule has 0 bridgehead atoms. The second kappa shape index (κ2) is 5.52. The molecular formula is C12H11FN4O3. The Bertz CT molecular complexity index is 587. The Morgan fingerprint density at radius 2 is 2.45 bits per heavy atom. The number of amides is 2. The highest BCUT2D eigenvalue weighted by Gasteiger charge is 2.35. The van der Waals surface area contributed by atoms with Crippen LogP contribution in [0.1, 0.15) is 6.42 Å². The van der Waals surface area contributed by atoms with Crippen molar-refractivity contribution in [1.82, 2.24) is 9.88 Å². The SMILES string of the molecule is N#CC1CC(C(=O)Nc2ncc(F)cc2O)CN1C=O. The van der Waals surface area contributed by atoms with Gasteiger partial charge >= 0.3 is 0 Å². The minimum Gasteiger partial charge on any atom is -0.504 e. The predicted octanol–water partition coefficient (Wildman–Crippen LogP) is 0.235. The number of nitrogens with one attached hydrogen (secondary N) is 1. The zero-order valence-electron chi connectivity index (χ0n) is 10.3. The van der Waals surface area contributed by atoms with Crippen LogP contribution in [0.15, 0.2) is 12.3 Å². The van der Waals surface area contributed by atoms with Crippen molar-refractivity contribution in [2.75, 3.05) is 11.9 Å². The first kappa shape index (κ1) is 13.7. The number of hydrogen-bond acceptors (Lipinski definition) is 5. The second-order valence-electron chi connectivity index (χ2n) is 4.39. The van der Waals surface area contributed by atoms with Gasteiger partial charge in [0.05, 0.1) is 18.2 Å². The lowest BCUT2D eigenvalue weighted by atomic mass is 10.1. The average Bonchev–Trinajstić information content (AvgIpc) is 2.85. The van der Waals surface area contributed by atoms with Gasteiger partial charge in [-0.25, -0.2) is 9.37 Å². The van der Waals surface area contributed by atoms with Gasteiger partial charge in [-0.2, -0.15) is 5.26 Å². The molecule has 0 radical (unpaired) electrons. The van der Waals surface area contributed by atoms with Gasteiger partial charge in [0.15, 0.2) is 11.6 Å². The first-order valence-corrected chi connectivity index (χ1v) is 5.81. The van der Waals surface area contributed by atoms with Crippen molar-refractivity contribution in [2.24, 2.45) is 5.92 Å². The van der Waals surface area contributed by atoms with Crippen molar-refractivity contribution < 1.29 is 19.1 Å². The van der Waals surface area contributed by atoms with Crippen LogP contribution in [0.25, 0.3) is 0 Å². The van der Waals surface area contributed by atoms with E-state index in [1.165, 1.54) is 4.90 Å².